The number of rotatable bonds is 5. The standard InChI is InChI=1S/C18H18FNO4S/c1-24-10-13-6-7-16(25-13)17(21)20-8-14(15(9-20)18(22)23)11-2-4-12(19)5-3-11/h2-7,14-15H,8-10H2,1H3,(H,22,23)/t14-,15+/m1/s1. The normalized spacial score (nSPS) is 20.0. The van der Waals surface area contributed by atoms with E-state index in [0.29, 0.717) is 18.0 Å². The molecule has 25 heavy (non-hydrogen) atoms. The molecule has 2 heterocycles. The molecule has 2 atom stereocenters. The maximum Gasteiger partial charge on any atom is 0.308 e. The predicted molar refractivity (Wildman–Crippen MR) is 91.2 cm³/mol. The van der Waals surface area contributed by atoms with Crippen molar-refractivity contribution in [2.45, 2.75) is 12.5 Å². The van der Waals surface area contributed by atoms with Gasteiger partial charge in [0.2, 0.25) is 0 Å². The number of aliphatic carboxylic acids is 1. The van der Waals surface area contributed by atoms with Crippen molar-refractivity contribution in [3.8, 4) is 0 Å². The van der Waals surface area contributed by atoms with Gasteiger partial charge in [-0.25, -0.2) is 4.39 Å². The van der Waals surface area contributed by atoms with Gasteiger partial charge >= 0.3 is 5.97 Å². The fraction of sp³-hybridized carbons (Fsp3) is 0.333. The number of likely N-dealkylation sites (tertiary alicyclic amines) is 1. The largest absolute Gasteiger partial charge is 0.481 e. The van der Waals surface area contributed by atoms with E-state index in [-0.39, 0.29) is 24.2 Å². The van der Waals surface area contributed by atoms with E-state index in [4.69, 9.17) is 4.74 Å². The SMILES string of the molecule is COCc1ccc(C(=O)N2C[C@H](C(=O)O)[C@@H](c3ccc(F)cc3)C2)s1. The van der Waals surface area contributed by atoms with Gasteiger partial charge in [-0.15, -0.1) is 11.3 Å². The molecule has 1 amide bonds. The lowest BCUT2D eigenvalue weighted by Gasteiger charge is -2.15. The molecule has 1 aromatic carbocycles. The number of methoxy groups -OCH3 is 1. The zero-order valence-corrected chi connectivity index (χ0v) is 14.5. The van der Waals surface area contributed by atoms with Gasteiger partial charge < -0.3 is 14.7 Å². The van der Waals surface area contributed by atoms with Crippen LogP contribution < -0.4 is 0 Å². The van der Waals surface area contributed by atoms with Crippen LogP contribution in [0.1, 0.15) is 26.0 Å². The van der Waals surface area contributed by atoms with Crippen LogP contribution in [0.3, 0.4) is 0 Å². The quantitative estimate of drug-likeness (QED) is 0.887. The summed E-state index contributed by atoms with van der Waals surface area (Å²) in [5.41, 5.74) is 0.732. The Morgan fingerprint density at radius 3 is 2.60 bits per heavy atom. The first-order valence-corrected chi connectivity index (χ1v) is 8.66. The molecule has 7 heteroatoms. The molecule has 1 saturated heterocycles. The molecule has 0 bridgehead atoms. The molecule has 132 valence electrons. The van der Waals surface area contributed by atoms with Gasteiger partial charge in [0.25, 0.3) is 5.91 Å². The summed E-state index contributed by atoms with van der Waals surface area (Å²) in [6, 6.07) is 9.38. The summed E-state index contributed by atoms with van der Waals surface area (Å²) < 4.78 is 18.2. The van der Waals surface area contributed by atoms with Crippen molar-refractivity contribution in [2.75, 3.05) is 20.2 Å². The Hall–Kier alpha value is -2.25. The molecule has 1 fully saturated rings. The minimum Gasteiger partial charge on any atom is -0.481 e. The van der Waals surface area contributed by atoms with Crippen molar-refractivity contribution in [3.63, 3.8) is 0 Å². The maximum atomic E-state index is 13.1. The van der Waals surface area contributed by atoms with Gasteiger partial charge in [0, 0.05) is 31.0 Å². The van der Waals surface area contributed by atoms with Crippen LogP contribution in [0.5, 0.6) is 0 Å². The van der Waals surface area contributed by atoms with Crippen molar-refractivity contribution >= 4 is 23.2 Å². The van der Waals surface area contributed by atoms with Crippen LogP contribution in [0.4, 0.5) is 4.39 Å². The molecule has 1 aliphatic rings. The second-order valence-electron chi connectivity index (χ2n) is 6.01. The fourth-order valence-corrected chi connectivity index (χ4v) is 4.08. The van der Waals surface area contributed by atoms with E-state index in [0.717, 1.165) is 10.4 Å². The summed E-state index contributed by atoms with van der Waals surface area (Å²) in [4.78, 5) is 27.4. The Labute approximate surface area is 148 Å². The number of carbonyl (C=O) groups is 2. The molecule has 0 spiro atoms. The first-order chi connectivity index (χ1) is 12.0. The number of thiophene rings is 1. The molecule has 1 aromatic heterocycles. The number of hydrogen-bond acceptors (Lipinski definition) is 4. The predicted octanol–water partition coefficient (Wildman–Crippen LogP) is 2.97. The minimum absolute atomic E-state index is 0.147. The van der Waals surface area contributed by atoms with Gasteiger partial charge in [-0.2, -0.15) is 0 Å². The summed E-state index contributed by atoms with van der Waals surface area (Å²) in [6.45, 7) is 0.889. The first kappa shape index (κ1) is 17.6. The molecule has 2 aromatic rings. The average Bonchev–Trinajstić information content (AvgIpc) is 3.22. The molecule has 3 rings (SSSR count). The molecule has 5 nitrogen and oxygen atoms in total. The van der Waals surface area contributed by atoms with E-state index >= 15 is 0 Å². The van der Waals surface area contributed by atoms with E-state index in [1.807, 2.05) is 6.07 Å². The van der Waals surface area contributed by atoms with Gasteiger partial charge in [0.1, 0.15) is 5.82 Å². The fourth-order valence-electron chi connectivity index (χ4n) is 3.14. The Kier molecular flexibility index (Phi) is 5.15. The van der Waals surface area contributed by atoms with Crippen LogP contribution in [-0.4, -0.2) is 42.1 Å². The molecular weight excluding hydrogens is 345 g/mol. The second kappa shape index (κ2) is 7.33. The lowest BCUT2D eigenvalue weighted by molar-refractivity contribution is -0.141. The van der Waals surface area contributed by atoms with Gasteiger partial charge in [0.05, 0.1) is 17.4 Å². The van der Waals surface area contributed by atoms with Crippen molar-refractivity contribution < 1.29 is 23.8 Å². The number of halogens is 1. The summed E-state index contributed by atoms with van der Waals surface area (Å²) in [6.07, 6.45) is 0. The van der Waals surface area contributed by atoms with E-state index in [9.17, 15) is 19.1 Å². The van der Waals surface area contributed by atoms with E-state index in [2.05, 4.69) is 0 Å². The Morgan fingerprint density at radius 1 is 1.24 bits per heavy atom. The highest BCUT2D eigenvalue weighted by Crippen LogP contribution is 2.34. The maximum absolute atomic E-state index is 13.1. The van der Waals surface area contributed by atoms with Crippen molar-refractivity contribution in [1.82, 2.24) is 4.90 Å². The first-order valence-electron chi connectivity index (χ1n) is 7.84. The topological polar surface area (TPSA) is 66.8 Å². The molecule has 0 saturated carbocycles. The molecule has 1 N–H and O–H groups in total. The van der Waals surface area contributed by atoms with Gasteiger partial charge in [-0.05, 0) is 29.8 Å². The lowest BCUT2D eigenvalue weighted by Crippen LogP contribution is -2.29. The third-order valence-corrected chi connectivity index (χ3v) is 5.43. The van der Waals surface area contributed by atoms with Gasteiger partial charge in [-0.1, -0.05) is 12.1 Å². The monoisotopic (exact) mass is 363 g/mol. The Bertz CT molecular complexity index is 774. The number of hydrogen-bond donors (Lipinski definition) is 1. The van der Waals surface area contributed by atoms with Crippen molar-refractivity contribution in [1.29, 1.82) is 0 Å². The molecule has 0 aliphatic carbocycles. The zero-order chi connectivity index (χ0) is 18.0. The van der Waals surface area contributed by atoms with E-state index < -0.39 is 11.9 Å². The van der Waals surface area contributed by atoms with Gasteiger partial charge in [-0.3, -0.25) is 9.59 Å². The van der Waals surface area contributed by atoms with Crippen LogP contribution in [-0.2, 0) is 16.1 Å². The number of amides is 1. The highest BCUT2D eigenvalue weighted by Gasteiger charge is 2.40. The number of ether oxygens (including phenoxy) is 1. The summed E-state index contributed by atoms with van der Waals surface area (Å²) in [5.74, 6) is -2.54. The smallest absolute Gasteiger partial charge is 0.308 e. The third-order valence-electron chi connectivity index (χ3n) is 4.38. The highest BCUT2D eigenvalue weighted by atomic mass is 32.1. The Morgan fingerprint density at radius 2 is 1.96 bits per heavy atom. The summed E-state index contributed by atoms with van der Waals surface area (Å²) in [5, 5.41) is 9.52. The van der Waals surface area contributed by atoms with Crippen molar-refractivity contribution in [2.24, 2.45) is 5.92 Å². The highest BCUT2D eigenvalue weighted by molar-refractivity contribution is 7.14. The van der Waals surface area contributed by atoms with Crippen LogP contribution in [0.25, 0.3) is 0 Å². The second-order valence-corrected chi connectivity index (χ2v) is 7.18. The summed E-state index contributed by atoms with van der Waals surface area (Å²) in [7, 11) is 1.59. The average molecular weight is 363 g/mol. The zero-order valence-electron chi connectivity index (χ0n) is 13.6. The van der Waals surface area contributed by atoms with Crippen LogP contribution >= 0.6 is 11.3 Å². The molecular formula is C18H18FNO4S. The van der Waals surface area contributed by atoms with E-state index in [1.54, 1.807) is 30.2 Å². The van der Waals surface area contributed by atoms with E-state index in [1.165, 1.54) is 23.5 Å². The van der Waals surface area contributed by atoms with Crippen LogP contribution in [0, 0.1) is 11.7 Å². The molecule has 1 aliphatic heterocycles. The minimum atomic E-state index is -0.948. The molecule has 0 radical (unpaired) electrons. The number of carboxylic acid groups (broad SMARTS) is 1. The van der Waals surface area contributed by atoms with Crippen LogP contribution in [0.15, 0.2) is 36.4 Å². The number of nitrogens with zero attached hydrogens (tertiary/aromatic N) is 1. The third kappa shape index (κ3) is 3.72. The number of benzene rings is 1. The van der Waals surface area contributed by atoms with Crippen molar-refractivity contribution in [3.05, 3.63) is 57.5 Å². The summed E-state index contributed by atoms with van der Waals surface area (Å²) >= 11 is 1.35. The van der Waals surface area contributed by atoms with Crippen LogP contribution in [0.2, 0.25) is 0 Å². The molecule has 0 unspecified atom stereocenters. The van der Waals surface area contributed by atoms with Gasteiger partial charge in [0.15, 0.2) is 0 Å². The number of carbonyl (C=O) groups excluding carboxylic acids is 1. The number of carboxylic acids is 1. The Balaban J connectivity index is 1.80. The lowest BCUT2D eigenvalue weighted by atomic mass is 9.89.